The number of hydrogen-bond acceptors (Lipinski definition) is 2. The fraction of sp³-hybridized carbons (Fsp3) is 0.625. The first-order valence-electron chi connectivity index (χ1n) is 6.85. The fourth-order valence-corrected chi connectivity index (χ4v) is 2.69. The van der Waals surface area contributed by atoms with Gasteiger partial charge in [0.15, 0.2) is 0 Å². The predicted molar refractivity (Wildman–Crippen MR) is 74.2 cm³/mol. The third-order valence-electron chi connectivity index (χ3n) is 3.71. The predicted octanol–water partition coefficient (Wildman–Crippen LogP) is 3.89. The molecule has 1 aromatic carbocycles. The lowest BCUT2D eigenvalue weighted by atomic mass is 9.84. The Bertz CT molecular complexity index is 443. The molecule has 2 rings (SSSR count). The smallest absolute Gasteiger partial charge is 0.129 e. The van der Waals surface area contributed by atoms with E-state index < -0.39 is 6.10 Å². The zero-order valence-electron chi connectivity index (χ0n) is 12.1. The zero-order chi connectivity index (χ0) is 13.5. The fourth-order valence-electron chi connectivity index (χ4n) is 2.69. The lowest BCUT2D eigenvalue weighted by Gasteiger charge is -2.22. The van der Waals surface area contributed by atoms with Gasteiger partial charge in [-0.05, 0) is 29.9 Å². The second-order valence-corrected chi connectivity index (χ2v) is 6.31. The average molecular weight is 248 g/mol. The molecule has 2 nitrogen and oxygen atoms in total. The summed E-state index contributed by atoms with van der Waals surface area (Å²) in [5.74, 6) is 0.924. The number of ether oxygens (including phenoxy) is 1. The molecule has 1 aliphatic heterocycles. The van der Waals surface area contributed by atoms with E-state index in [1.165, 1.54) is 5.56 Å². The van der Waals surface area contributed by atoms with Crippen LogP contribution in [0.3, 0.4) is 0 Å². The molecular weight excluding hydrogens is 224 g/mol. The van der Waals surface area contributed by atoms with Crippen molar-refractivity contribution in [1.29, 1.82) is 0 Å². The van der Waals surface area contributed by atoms with Crippen molar-refractivity contribution < 1.29 is 9.84 Å². The van der Waals surface area contributed by atoms with Crippen molar-refractivity contribution in [2.75, 3.05) is 0 Å². The quantitative estimate of drug-likeness (QED) is 0.860. The van der Waals surface area contributed by atoms with E-state index in [0.717, 1.165) is 29.7 Å². The van der Waals surface area contributed by atoms with Crippen LogP contribution in [0.1, 0.15) is 63.3 Å². The summed E-state index contributed by atoms with van der Waals surface area (Å²) < 4.78 is 6.05. The molecule has 0 aliphatic carbocycles. The molecule has 2 heteroatoms. The summed E-state index contributed by atoms with van der Waals surface area (Å²) in [6.45, 7) is 10.7. The Kier molecular flexibility index (Phi) is 3.41. The topological polar surface area (TPSA) is 29.5 Å². The van der Waals surface area contributed by atoms with Crippen LogP contribution in [-0.2, 0) is 5.41 Å². The first-order chi connectivity index (χ1) is 8.36. The Morgan fingerprint density at radius 1 is 1.28 bits per heavy atom. The summed E-state index contributed by atoms with van der Waals surface area (Å²) in [5.41, 5.74) is 3.37. The van der Waals surface area contributed by atoms with Crippen molar-refractivity contribution in [3.05, 3.63) is 28.8 Å². The van der Waals surface area contributed by atoms with Gasteiger partial charge >= 0.3 is 0 Å². The van der Waals surface area contributed by atoms with E-state index in [2.05, 4.69) is 39.8 Å². The van der Waals surface area contributed by atoms with Gasteiger partial charge in [-0.1, -0.05) is 46.2 Å². The summed E-state index contributed by atoms with van der Waals surface area (Å²) in [6, 6.07) is 4.23. The van der Waals surface area contributed by atoms with E-state index in [0.29, 0.717) is 0 Å². The molecular formula is C16H24O2. The first kappa shape index (κ1) is 13.4. The number of aliphatic hydroxyl groups is 1. The van der Waals surface area contributed by atoms with Crippen LogP contribution < -0.4 is 4.74 Å². The molecule has 0 saturated heterocycles. The minimum atomic E-state index is -0.470. The van der Waals surface area contributed by atoms with Gasteiger partial charge in [0.2, 0.25) is 0 Å². The molecule has 1 N–H and O–H groups in total. The maximum Gasteiger partial charge on any atom is 0.129 e. The van der Waals surface area contributed by atoms with Gasteiger partial charge in [0.25, 0.3) is 0 Å². The Balaban J connectivity index is 2.49. The standard InChI is InChI=1S/C16H24O2/c1-6-7-12-14(17)13-10(2)8-9-11(15(13)18-12)16(3,4)5/h8-9,12,14,17H,6-7H2,1-5H3. The van der Waals surface area contributed by atoms with Crippen molar-refractivity contribution in [3.8, 4) is 5.75 Å². The Morgan fingerprint density at radius 2 is 1.94 bits per heavy atom. The summed E-state index contributed by atoms with van der Waals surface area (Å²) in [6.07, 6.45) is 1.38. The molecule has 0 fully saturated rings. The maximum atomic E-state index is 10.4. The number of benzene rings is 1. The van der Waals surface area contributed by atoms with E-state index in [1.807, 2.05) is 6.92 Å². The molecule has 100 valence electrons. The van der Waals surface area contributed by atoms with Crippen LogP contribution in [0.5, 0.6) is 5.75 Å². The van der Waals surface area contributed by atoms with Crippen LogP contribution in [0.2, 0.25) is 0 Å². The number of aliphatic hydroxyl groups excluding tert-OH is 1. The van der Waals surface area contributed by atoms with Crippen LogP contribution >= 0.6 is 0 Å². The van der Waals surface area contributed by atoms with Crippen molar-refractivity contribution in [1.82, 2.24) is 0 Å². The second-order valence-electron chi connectivity index (χ2n) is 6.31. The summed E-state index contributed by atoms with van der Waals surface area (Å²) in [4.78, 5) is 0. The second kappa shape index (κ2) is 4.58. The molecule has 2 atom stereocenters. The highest BCUT2D eigenvalue weighted by atomic mass is 16.5. The van der Waals surface area contributed by atoms with Crippen LogP contribution in [-0.4, -0.2) is 11.2 Å². The van der Waals surface area contributed by atoms with Gasteiger partial charge in [0.05, 0.1) is 0 Å². The Labute approximate surface area is 110 Å². The summed E-state index contributed by atoms with van der Waals surface area (Å²) in [5, 5.41) is 10.4. The van der Waals surface area contributed by atoms with Gasteiger partial charge < -0.3 is 9.84 Å². The van der Waals surface area contributed by atoms with E-state index >= 15 is 0 Å². The number of fused-ring (bicyclic) bond motifs is 1. The van der Waals surface area contributed by atoms with E-state index in [1.54, 1.807) is 0 Å². The van der Waals surface area contributed by atoms with Crippen molar-refractivity contribution in [3.63, 3.8) is 0 Å². The van der Waals surface area contributed by atoms with Gasteiger partial charge in [0, 0.05) is 5.56 Å². The van der Waals surface area contributed by atoms with Gasteiger partial charge in [-0.25, -0.2) is 0 Å². The molecule has 0 saturated carbocycles. The number of hydrogen-bond donors (Lipinski definition) is 1. The van der Waals surface area contributed by atoms with Crippen LogP contribution in [0.4, 0.5) is 0 Å². The Hall–Kier alpha value is -1.02. The van der Waals surface area contributed by atoms with Crippen LogP contribution in [0.15, 0.2) is 12.1 Å². The molecule has 1 heterocycles. The van der Waals surface area contributed by atoms with E-state index in [4.69, 9.17) is 4.74 Å². The molecule has 0 bridgehead atoms. The molecule has 0 radical (unpaired) electrons. The lowest BCUT2D eigenvalue weighted by Crippen LogP contribution is -2.18. The minimum absolute atomic E-state index is 0.0403. The highest BCUT2D eigenvalue weighted by Crippen LogP contribution is 2.46. The minimum Gasteiger partial charge on any atom is -0.487 e. The average Bonchev–Trinajstić information content (AvgIpc) is 2.56. The van der Waals surface area contributed by atoms with Crippen LogP contribution in [0, 0.1) is 6.92 Å². The molecule has 2 unspecified atom stereocenters. The lowest BCUT2D eigenvalue weighted by molar-refractivity contribution is 0.0608. The third kappa shape index (κ3) is 2.14. The number of rotatable bonds is 2. The highest BCUT2D eigenvalue weighted by Gasteiger charge is 2.37. The summed E-state index contributed by atoms with van der Waals surface area (Å²) >= 11 is 0. The van der Waals surface area contributed by atoms with Gasteiger partial charge in [-0.2, -0.15) is 0 Å². The van der Waals surface area contributed by atoms with E-state index in [-0.39, 0.29) is 11.5 Å². The maximum absolute atomic E-state index is 10.4. The highest BCUT2D eigenvalue weighted by molar-refractivity contribution is 5.52. The van der Waals surface area contributed by atoms with Crippen molar-refractivity contribution in [2.24, 2.45) is 0 Å². The monoisotopic (exact) mass is 248 g/mol. The molecule has 1 aliphatic rings. The van der Waals surface area contributed by atoms with Gasteiger partial charge in [-0.15, -0.1) is 0 Å². The Morgan fingerprint density at radius 3 is 2.50 bits per heavy atom. The zero-order valence-corrected chi connectivity index (χ0v) is 12.1. The van der Waals surface area contributed by atoms with Crippen molar-refractivity contribution >= 4 is 0 Å². The van der Waals surface area contributed by atoms with Gasteiger partial charge in [-0.3, -0.25) is 0 Å². The van der Waals surface area contributed by atoms with E-state index in [9.17, 15) is 5.11 Å². The molecule has 18 heavy (non-hydrogen) atoms. The number of aryl methyl sites for hydroxylation is 1. The molecule has 0 amide bonds. The first-order valence-corrected chi connectivity index (χ1v) is 6.85. The van der Waals surface area contributed by atoms with Gasteiger partial charge in [0.1, 0.15) is 18.0 Å². The molecule has 0 aromatic heterocycles. The van der Waals surface area contributed by atoms with Crippen LogP contribution in [0.25, 0.3) is 0 Å². The normalized spacial score (nSPS) is 22.8. The largest absolute Gasteiger partial charge is 0.487 e. The SMILES string of the molecule is CCCC1Oc2c(C(C)(C)C)ccc(C)c2C1O. The summed E-state index contributed by atoms with van der Waals surface area (Å²) in [7, 11) is 0. The molecule has 1 aromatic rings. The van der Waals surface area contributed by atoms with Crippen molar-refractivity contribution in [2.45, 2.75) is 65.1 Å². The molecule has 0 spiro atoms. The third-order valence-corrected chi connectivity index (χ3v) is 3.71.